The van der Waals surface area contributed by atoms with Crippen molar-refractivity contribution in [2.75, 3.05) is 19.7 Å². The molecule has 0 bridgehead atoms. The fraction of sp³-hybridized carbons (Fsp3) is 0.382. The SMILES string of the molecule is CC1C(CN2CCCC2CO)OC(c2ccc(CNC(=O)c3ccc4c(c3)C(=O)OC4=O)cc2)OC1c1ccc(CO)cc1. The van der Waals surface area contributed by atoms with E-state index < -0.39 is 18.2 Å². The number of amides is 1. The molecule has 0 saturated carbocycles. The van der Waals surface area contributed by atoms with Gasteiger partial charge in [-0.25, -0.2) is 9.59 Å². The molecule has 3 aromatic rings. The summed E-state index contributed by atoms with van der Waals surface area (Å²) in [5.41, 5.74) is 4.05. The Morgan fingerprint density at radius 1 is 0.909 bits per heavy atom. The number of carbonyl (C=O) groups excluding carboxylic acids is 3. The molecule has 44 heavy (non-hydrogen) atoms. The number of fused-ring (bicyclic) bond motifs is 1. The summed E-state index contributed by atoms with van der Waals surface area (Å²) in [6.07, 6.45) is 1.03. The summed E-state index contributed by atoms with van der Waals surface area (Å²) in [7, 11) is 0. The summed E-state index contributed by atoms with van der Waals surface area (Å²) in [6, 6.07) is 19.9. The Kier molecular flexibility index (Phi) is 8.88. The van der Waals surface area contributed by atoms with Crippen molar-refractivity contribution in [1.29, 1.82) is 0 Å². The lowest BCUT2D eigenvalue weighted by molar-refractivity contribution is -0.276. The van der Waals surface area contributed by atoms with E-state index in [4.69, 9.17) is 9.47 Å². The van der Waals surface area contributed by atoms with Gasteiger partial charge in [0.2, 0.25) is 0 Å². The van der Waals surface area contributed by atoms with Gasteiger partial charge in [0.15, 0.2) is 6.29 Å². The van der Waals surface area contributed by atoms with E-state index in [1.807, 2.05) is 48.5 Å². The number of likely N-dealkylation sites (tertiary alicyclic amines) is 1. The summed E-state index contributed by atoms with van der Waals surface area (Å²) in [5.74, 6) is -1.80. The first-order valence-electron chi connectivity index (χ1n) is 15.0. The Morgan fingerprint density at radius 2 is 1.61 bits per heavy atom. The molecule has 5 unspecified atom stereocenters. The summed E-state index contributed by atoms with van der Waals surface area (Å²) in [6.45, 7) is 4.10. The molecule has 5 atom stereocenters. The van der Waals surface area contributed by atoms with E-state index in [0.29, 0.717) is 6.54 Å². The second-order valence-corrected chi connectivity index (χ2v) is 11.7. The van der Waals surface area contributed by atoms with Gasteiger partial charge in [-0.15, -0.1) is 0 Å². The van der Waals surface area contributed by atoms with Crippen LogP contribution in [0, 0.1) is 5.92 Å². The quantitative estimate of drug-likeness (QED) is 0.248. The third kappa shape index (κ3) is 6.17. The van der Waals surface area contributed by atoms with Crippen LogP contribution in [0.1, 0.15) is 85.5 Å². The summed E-state index contributed by atoms with van der Waals surface area (Å²) in [4.78, 5) is 38.6. The van der Waals surface area contributed by atoms with Gasteiger partial charge in [-0.05, 0) is 54.3 Å². The van der Waals surface area contributed by atoms with Crippen molar-refractivity contribution in [2.24, 2.45) is 5.92 Å². The predicted octanol–water partition coefficient (Wildman–Crippen LogP) is 3.67. The van der Waals surface area contributed by atoms with Gasteiger partial charge in [0.1, 0.15) is 0 Å². The standard InChI is InChI=1S/C34H36N2O8/c1-20-29(17-36-14-2-3-26(36)19-38)42-34(43-30(20)23-8-6-22(18-37)7-9-23)24-10-4-21(5-11-24)16-35-31(39)25-12-13-27-28(15-25)33(41)44-32(27)40/h4-13,15,20,26,29-30,34,37-38H,2-3,14,16-19H2,1H3,(H,35,39). The van der Waals surface area contributed by atoms with Crippen LogP contribution in [0.4, 0.5) is 0 Å². The number of aliphatic hydroxyl groups excluding tert-OH is 2. The third-order valence-corrected chi connectivity index (χ3v) is 8.86. The number of benzene rings is 3. The van der Waals surface area contributed by atoms with Crippen LogP contribution < -0.4 is 5.32 Å². The molecule has 3 N–H and O–H groups in total. The summed E-state index contributed by atoms with van der Waals surface area (Å²) < 4.78 is 17.7. The first-order chi connectivity index (χ1) is 21.3. The average molecular weight is 601 g/mol. The maximum absolute atomic E-state index is 12.8. The number of hydrogen-bond donors (Lipinski definition) is 3. The van der Waals surface area contributed by atoms with Crippen molar-refractivity contribution in [3.05, 3.63) is 106 Å². The largest absolute Gasteiger partial charge is 0.395 e. The van der Waals surface area contributed by atoms with Crippen molar-refractivity contribution in [3.63, 3.8) is 0 Å². The smallest absolute Gasteiger partial charge is 0.346 e. The molecule has 2 fully saturated rings. The number of nitrogens with one attached hydrogen (secondary N) is 1. The van der Waals surface area contributed by atoms with Crippen LogP contribution in [0.5, 0.6) is 0 Å². The van der Waals surface area contributed by atoms with Crippen LogP contribution in [0.25, 0.3) is 0 Å². The molecule has 6 rings (SSSR count). The number of hydrogen-bond acceptors (Lipinski definition) is 9. The van der Waals surface area contributed by atoms with Gasteiger partial charge in [-0.2, -0.15) is 0 Å². The molecule has 230 valence electrons. The number of rotatable bonds is 9. The Labute approximate surface area is 255 Å². The molecule has 0 spiro atoms. The number of esters is 2. The molecule has 0 aromatic heterocycles. The number of aliphatic hydroxyl groups is 2. The van der Waals surface area contributed by atoms with Crippen molar-refractivity contribution in [3.8, 4) is 0 Å². The van der Waals surface area contributed by atoms with Crippen LogP contribution in [0.2, 0.25) is 0 Å². The minimum absolute atomic E-state index is 0.0248. The molecular weight excluding hydrogens is 564 g/mol. The second-order valence-electron chi connectivity index (χ2n) is 11.7. The van der Waals surface area contributed by atoms with E-state index >= 15 is 0 Å². The predicted molar refractivity (Wildman–Crippen MR) is 158 cm³/mol. The average Bonchev–Trinajstić information content (AvgIpc) is 3.63. The first kappa shape index (κ1) is 30.1. The fourth-order valence-corrected chi connectivity index (χ4v) is 6.21. The van der Waals surface area contributed by atoms with E-state index in [-0.39, 0.29) is 66.5 Å². The van der Waals surface area contributed by atoms with Gasteiger partial charge in [0.05, 0.1) is 36.5 Å². The Morgan fingerprint density at radius 3 is 2.34 bits per heavy atom. The molecule has 3 aliphatic rings. The van der Waals surface area contributed by atoms with Crippen molar-refractivity contribution >= 4 is 17.8 Å². The lowest BCUT2D eigenvalue weighted by Crippen LogP contribution is -2.46. The van der Waals surface area contributed by atoms with Crippen molar-refractivity contribution in [1.82, 2.24) is 10.2 Å². The van der Waals surface area contributed by atoms with Gasteiger partial charge in [-0.3, -0.25) is 9.69 Å². The molecule has 0 radical (unpaired) electrons. The Bertz CT molecular complexity index is 1520. The Balaban J connectivity index is 1.15. The first-order valence-corrected chi connectivity index (χ1v) is 15.0. The maximum atomic E-state index is 12.8. The molecule has 3 heterocycles. The molecular formula is C34H36N2O8. The normalized spacial score (nSPS) is 25.1. The molecule has 2 saturated heterocycles. The number of ether oxygens (including phenoxy) is 3. The highest BCUT2D eigenvalue weighted by atomic mass is 16.7. The highest BCUT2D eigenvalue weighted by molar-refractivity contribution is 6.15. The molecule has 3 aliphatic heterocycles. The highest BCUT2D eigenvalue weighted by Gasteiger charge is 2.40. The Hall–Kier alpha value is -3.93. The van der Waals surface area contributed by atoms with Crippen LogP contribution in [-0.4, -0.2) is 64.8 Å². The second kappa shape index (κ2) is 13.0. The minimum Gasteiger partial charge on any atom is -0.395 e. The third-order valence-electron chi connectivity index (χ3n) is 8.86. The summed E-state index contributed by atoms with van der Waals surface area (Å²) >= 11 is 0. The molecule has 10 heteroatoms. The van der Waals surface area contributed by atoms with Crippen LogP contribution >= 0.6 is 0 Å². The number of nitrogens with zero attached hydrogens (tertiary/aromatic N) is 1. The van der Waals surface area contributed by atoms with Crippen LogP contribution in [-0.2, 0) is 27.4 Å². The number of carbonyl (C=O) groups is 3. The van der Waals surface area contributed by atoms with Gasteiger partial charge in [0.25, 0.3) is 5.91 Å². The molecule has 3 aromatic carbocycles. The van der Waals surface area contributed by atoms with E-state index in [0.717, 1.165) is 41.6 Å². The maximum Gasteiger partial charge on any atom is 0.346 e. The highest BCUT2D eigenvalue weighted by Crippen LogP contribution is 2.42. The van der Waals surface area contributed by atoms with Crippen LogP contribution in [0.3, 0.4) is 0 Å². The van der Waals surface area contributed by atoms with Gasteiger partial charge >= 0.3 is 11.9 Å². The van der Waals surface area contributed by atoms with E-state index in [9.17, 15) is 24.6 Å². The summed E-state index contributed by atoms with van der Waals surface area (Å²) in [5, 5.41) is 22.2. The van der Waals surface area contributed by atoms with Gasteiger partial charge < -0.3 is 29.7 Å². The fourth-order valence-electron chi connectivity index (χ4n) is 6.21. The van der Waals surface area contributed by atoms with Gasteiger partial charge in [-0.1, -0.05) is 55.5 Å². The zero-order chi connectivity index (χ0) is 30.8. The molecule has 1 amide bonds. The molecule has 0 aliphatic carbocycles. The zero-order valence-corrected chi connectivity index (χ0v) is 24.5. The van der Waals surface area contributed by atoms with E-state index in [2.05, 4.69) is 21.9 Å². The van der Waals surface area contributed by atoms with Crippen molar-refractivity contribution in [2.45, 2.75) is 57.5 Å². The van der Waals surface area contributed by atoms with E-state index in [1.54, 1.807) is 0 Å². The monoisotopic (exact) mass is 600 g/mol. The molecule has 10 nitrogen and oxygen atoms in total. The minimum atomic E-state index is -0.753. The lowest BCUT2D eigenvalue weighted by atomic mass is 9.90. The topological polar surface area (TPSA) is 135 Å². The van der Waals surface area contributed by atoms with Crippen LogP contribution in [0.15, 0.2) is 66.7 Å². The number of cyclic esters (lactones) is 2. The lowest BCUT2D eigenvalue weighted by Gasteiger charge is -2.43. The van der Waals surface area contributed by atoms with E-state index in [1.165, 1.54) is 18.2 Å². The van der Waals surface area contributed by atoms with Crippen molar-refractivity contribution < 1.29 is 38.8 Å². The zero-order valence-electron chi connectivity index (χ0n) is 24.5. The van der Waals surface area contributed by atoms with Gasteiger partial charge in [0, 0.05) is 36.2 Å².